The highest BCUT2D eigenvalue weighted by Crippen LogP contribution is 2.10. The maximum absolute atomic E-state index is 8.05. The Hall–Kier alpha value is -0.680. The first kappa shape index (κ1) is 6.32. The molecule has 7 heavy (non-hydrogen) atoms. The second-order valence-corrected chi connectivity index (χ2v) is 1.88. The molecule has 0 aromatic carbocycles. The summed E-state index contributed by atoms with van der Waals surface area (Å²) >= 11 is 1.24. The number of nitrogens with zero attached hydrogens (tertiary/aromatic N) is 1. The van der Waals surface area contributed by atoms with Gasteiger partial charge in [-0.05, 0) is 5.41 Å². The molecule has 1 nitrogen and oxygen atoms in total. The number of hydrogen-bond donors (Lipinski definition) is 0. The van der Waals surface area contributed by atoms with E-state index in [2.05, 4.69) is 13.2 Å². The van der Waals surface area contributed by atoms with Crippen LogP contribution in [0, 0.1) is 11.3 Å². The van der Waals surface area contributed by atoms with Gasteiger partial charge in [-0.2, -0.15) is 5.26 Å². The van der Waals surface area contributed by atoms with Gasteiger partial charge in [-0.3, -0.25) is 0 Å². The Morgan fingerprint density at radius 2 is 2.43 bits per heavy atom. The van der Waals surface area contributed by atoms with Gasteiger partial charge in [-0.25, -0.2) is 0 Å². The molecule has 2 heteroatoms. The zero-order valence-electron chi connectivity index (χ0n) is 3.85. The summed E-state index contributed by atoms with van der Waals surface area (Å²) in [5.41, 5.74) is 0. The fourth-order valence-electron chi connectivity index (χ4n) is 0.127. The number of thioether (sulfide) groups is 1. The largest absolute Gasteiger partial charge is 0.192 e. The van der Waals surface area contributed by atoms with Gasteiger partial charge in [0.25, 0.3) is 0 Å². The van der Waals surface area contributed by atoms with Crippen molar-refractivity contribution in [2.24, 2.45) is 0 Å². The Balaban J connectivity index is 3.43. The SMILES string of the molecule is C=CSC(=C)C#N. The van der Waals surface area contributed by atoms with Gasteiger partial charge >= 0.3 is 0 Å². The van der Waals surface area contributed by atoms with E-state index in [0.29, 0.717) is 4.91 Å². The zero-order valence-corrected chi connectivity index (χ0v) is 4.66. The summed E-state index contributed by atoms with van der Waals surface area (Å²) < 4.78 is 0. The minimum absolute atomic E-state index is 0.481. The lowest BCUT2D eigenvalue weighted by molar-refractivity contribution is 1.53. The molecule has 0 aliphatic heterocycles. The summed E-state index contributed by atoms with van der Waals surface area (Å²) in [6.45, 7) is 6.79. The first-order valence-electron chi connectivity index (χ1n) is 1.68. The molecule has 0 rings (SSSR count). The number of allylic oxidation sites excluding steroid dienone is 1. The molecule has 0 heterocycles. The zero-order chi connectivity index (χ0) is 5.70. The van der Waals surface area contributed by atoms with Gasteiger partial charge in [-0.1, -0.05) is 24.9 Å². The molecule has 0 saturated carbocycles. The predicted molar refractivity (Wildman–Crippen MR) is 32.5 cm³/mol. The van der Waals surface area contributed by atoms with Crippen LogP contribution in [-0.2, 0) is 0 Å². The van der Waals surface area contributed by atoms with Crippen LogP contribution in [0.3, 0.4) is 0 Å². The number of rotatable bonds is 2. The third-order valence-electron chi connectivity index (χ3n) is 0.350. The molecule has 0 atom stereocenters. The highest BCUT2D eigenvalue weighted by molar-refractivity contribution is 8.06. The summed E-state index contributed by atoms with van der Waals surface area (Å²) in [5.74, 6) is 0. The average Bonchev–Trinajstić information content (AvgIpc) is 1.68. The molecule has 36 valence electrons. The van der Waals surface area contributed by atoms with Crippen molar-refractivity contribution >= 4 is 11.8 Å². The van der Waals surface area contributed by atoms with Crippen molar-refractivity contribution in [3.63, 3.8) is 0 Å². The van der Waals surface area contributed by atoms with Gasteiger partial charge < -0.3 is 0 Å². The second kappa shape index (κ2) is 3.51. The van der Waals surface area contributed by atoms with E-state index in [-0.39, 0.29) is 0 Å². The van der Waals surface area contributed by atoms with Gasteiger partial charge in [-0.15, -0.1) is 0 Å². The van der Waals surface area contributed by atoms with E-state index in [4.69, 9.17) is 5.26 Å². The molecule has 0 saturated heterocycles. The van der Waals surface area contributed by atoms with Crippen molar-refractivity contribution in [3.05, 3.63) is 23.5 Å². The van der Waals surface area contributed by atoms with E-state index in [1.807, 2.05) is 6.07 Å². The van der Waals surface area contributed by atoms with Crippen LogP contribution in [0.1, 0.15) is 0 Å². The van der Waals surface area contributed by atoms with Gasteiger partial charge in [0, 0.05) is 0 Å². The van der Waals surface area contributed by atoms with E-state index in [9.17, 15) is 0 Å². The predicted octanol–water partition coefficient (Wildman–Crippen LogP) is 1.90. The molecular weight excluding hydrogens is 106 g/mol. The third kappa shape index (κ3) is 3.14. The first-order valence-corrected chi connectivity index (χ1v) is 2.55. The Bertz CT molecular complexity index is 121. The van der Waals surface area contributed by atoms with E-state index >= 15 is 0 Å². The average molecular weight is 111 g/mol. The normalized spacial score (nSPS) is 6.71. The number of hydrogen-bond acceptors (Lipinski definition) is 2. The van der Waals surface area contributed by atoms with Gasteiger partial charge in [0.15, 0.2) is 0 Å². The monoisotopic (exact) mass is 111 g/mol. The molecule has 0 aliphatic rings. The summed E-state index contributed by atoms with van der Waals surface area (Å²) in [6, 6.07) is 1.86. The lowest BCUT2D eigenvalue weighted by Crippen LogP contribution is -1.55. The molecular formula is C5H5NS. The van der Waals surface area contributed by atoms with Crippen LogP contribution in [-0.4, -0.2) is 0 Å². The fourth-order valence-corrected chi connectivity index (χ4v) is 0.381. The molecule has 0 unspecified atom stereocenters. The summed E-state index contributed by atoms with van der Waals surface area (Å²) in [5, 5.41) is 9.62. The smallest absolute Gasteiger partial charge is 0.106 e. The molecule has 0 bridgehead atoms. The van der Waals surface area contributed by atoms with Crippen LogP contribution >= 0.6 is 11.8 Å². The van der Waals surface area contributed by atoms with Crippen molar-refractivity contribution in [1.82, 2.24) is 0 Å². The quantitative estimate of drug-likeness (QED) is 0.508. The Morgan fingerprint density at radius 3 is 2.57 bits per heavy atom. The Morgan fingerprint density at radius 1 is 1.86 bits per heavy atom. The van der Waals surface area contributed by atoms with Gasteiger partial charge in [0.1, 0.15) is 6.07 Å². The highest BCUT2D eigenvalue weighted by atomic mass is 32.2. The van der Waals surface area contributed by atoms with Crippen molar-refractivity contribution < 1.29 is 0 Å². The van der Waals surface area contributed by atoms with Crippen LogP contribution in [0.15, 0.2) is 23.5 Å². The lowest BCUT2D eigenvalue weighted by atomic mass is 10.7. The standard InChI is InChI=1S/C5H5NS/c1-3-7-5(2)4-6/h3H,1-2H2. The Kier molecular flexibility index (Phi) is 3.17. The minimum Gasteiger partial charge on any atom is -0.192 e. The summed E-state index contributed by atoms with van der Waals surface area (Å²) in [7, 11) is 0. The van der Waals surface area contributed by atoms with Crippen LogP contribution in [0.2, 0.25) is 0 Å². The van der Waals surface area contributed by atoms with E-state index < -0.39 is 0 Å². The maximum atomic E-state index is 8.05. The van der Waals surface area contributed by atoms with Gasteiger partial charge in [0.05, 0.1) is 4.91 Å². The lowest BCUT2D eigenvalue weighted by Gasteiger charge is -1.79. The van der Waals surface area contributed by atoms with Crippen molar-refractivity contribution in [1.29, 1.82) is 5.26 Å². The van der Waals surface area contributed by atoms with Crippen LogP contribution in [0.4, 0.5) is 0 Å². The van der Waals surface area contributed by atoms with Crippen LogP contribution in [0.5, 0.6) is 0 Å². The molecule has 0 aromatic rings. The third-order valence-corrected chi connectivity index (χ3v) is 0.893. The Labute approximate surface area is 47.3 Å². The second-order valence-electron chi connectivity index (χ2n) is 0.819. The maximum Gasteiger partial charge on any atom is 0.106 e. The van der Waals surface area contributed by atoms with Crippen LogP contribution in [0.25, 0.3) is 0 Å². The molecule has 0 N–H and O–H groups in total. The first-order chi connectivity index (χ1) is 3.31. The van der Waals surface area contributed by atoms with E-state index in [1.54, 1.807) is 5.41 Å². The van der Waals surface area contributed by atoms with Crippen molar-refractivity contribution in [2.75, 3.05) is 0 Å². The van der Waals surface area contributed by atoms with E-state index in [0.717, 1.165) is 0 Å². The van der Waals surface area contributed by atoms with E-state index in [1.165, 1.54) is 11.8 Å². The molecule has 0 aromatic heterocycles. The summed E-state index contributed by atoms with van der Waals surface area (Å²) in [4.78, 5) is 0.481. The van der Waals surface area contributed by atoms with Crippen molar-refractivity contribution in [2.45, 2.75) is 0 Å². The van der Waals surface area contributed by atoms with Crippen molar-refractivity contribution in [3.8, 4) is 6.07 Å². The summed E-state index contributed by atoms with van der Waals surface area (Å²) in [6.07, 6.45) is 0. The molecule has 0 radical (unpaired) electrons. The highest BCUT2D eigenvalue weighted by Gasteiger charge is 1.80. The van der Waals surface area contributed by atoms with Gasteiger partial charge in [0.2, 0.25) is 0 Å². The van der Waals surface area contributed by atoms with Crippen LogP contribution < -0.4 is 0 Å². The fraction of sp³-hybridized carbons (Fsp3) is 0. The number of nitriles is 1. The topological polar surface area (TPSA) is 23.8 Å². The molecule has 0 fully saturated rings. The minimum atomic E-state index is 0.481. The molecule has 0 spiro atoms. The molecule has 0 aliphatic carbocycles. The molecule has 0 amide bonds.